The molecule has 0 aromatic heterocycles. The summed E-state index contributed by atoms with van der Waals surface area (Å²) in [4.78, 5) is 11.9. The van der Waals surface area contributed by atoms with E-state index in [-0.39, 0.29) is 17.2 Å². The minimum atomic E-state index is -4.45. The zero-order chi connectivity index (χ0) is 21.8. The van der Waals surface area contributed by atoms with Gasteiger partial charge < -0.3 is 15.8 Å². The van der Waals surface area contributed by atoms with Gasteiger partial charge in [-0.25, -0.2) is 26.3 Å². The summed E-state index contributed by atoms with van der Waals surface area (Å²) in [6.07, 6.45) is 1.75. The van der Waals surface area contributed by atoms with Gasteiger partial charge in [-0.05, 0) is 37.3 Å². The molecule has 1 fully saturated rings. The van der Waals surface area contributed by atoms with Crippen molar-refractivity contribution >= 4 is 21.6 Å². The van der Waals surface area contributed by atoms with E-state index < -0.39 is 51.4 Å². The maximum Gasteiger partial charge on any atom is 0.251 e. The van der Waals surface area contributed by atoms with Gasteiger partial charge in [-0.2, -0.15) is 0 Å². The molecule has 0 radical (unpaired) electrons. The number of carbonyl (C=O) groups is 1. The number of sulfonamides is 1. The summed E-state index contributed by atoms with van der Waals surface area (Å²) < 4.78 is 70.8. The highest BCUT2D eigenvalue weighted by Gasteiger charge is 2.30. The van der Waals surface area contributed by atoms with Gasteiger partial charge in [0, 0.05) is 0 Å². The van der Waals surface area contributed by atoms with Gasteiger partial charge in [0.25, 0.3) is 6.43 Å². The zero-order valence-electron chi connectivity index (χ0n) is 16.3. The Morgan fingerprint density at radius 1 is 1.31 bits per heavy atom. The Morgan fingerprint density at radius 2 is 1.93 bits per heavy atom. The van der Waals surface area contributed by atoms with Crippen molar-refractivity contribution < 1.29 is 31.1 Å². The molecule has 1 aromatic carbocycles. The number of carbonyl (C=O) groups excluding carboxylic acids is 1. The third-order valence-corrected chi connectivity index (χ3v) is 6.44. The van der Waals surface area contributed by atoms with Crippen LogP contribution in [0.5, 0.6) is 5.75 Å². The number of alkyl halides is 2. The number of nitrogens with one attached hydrogen (secondary N) is 2. The Morgan fingerprint density at radius 3 is 2.48 bits per heavy atom. The number of hydrogen-bond acceptors (Lipinski definition) is 5. The predicted octanol–water partition coefficient (Wildman–Crippen LogP) is 2.53. The summed E-state index contributed by atoms with van der Waals surface area (Å²) in [5, 5.41) is 2.43. The molecule has 7 nitrogen and oxygen atoms in total. The molecule has 29 heavy (non-hydrogen) atoms. The minimum absolute atomic E-state index is 0.00721. The summed E-state index contributed by atoms with van der Waals surface area (Å²) in [6, 6.07) is 0.230. The summed E-state index contributed by atoms with van der Waals surface area (Å²) in [5.74, 6) is -2.38. The Bertz CT molecular complexity index is 843. The zero-order valence-corrected chi connectivity index (χ0v) is 17.1. The molecule has 1 aliphatic carbocycles. The predicted molar refractivity (Wildman–Crippen MR) is 102 cm³/mol. The van der Waals surface area contributed by atoms with Crippen LogP contribution in [0.15, 0.2) is 11.0 Å². The SMILES string of the molecule is COc1c(S(=O)(=O)NCC(F)F)cc(C)c(NC(=O)[C@@H](N)C2CCCCC2)c1F. The quantitative estimate of drug-likeness (QED) is 0.579. The molecular weight excluding hydrogens is 411 g/mol. The lowest BCUT2D eigenvalue weighted by molar-refractivity contribution is -0.118. The van der Waals surface area contributed by atoms with Crippen molar-refractivity contribution in [3.63, 3.8) is 0 Å². The first-order chi connectivity index (χ1) is 13.6. The summed E-state index contributed by atoms with van der Waals surface area (Å²) >= 11 is 0. The number of anilines is 1. The molecule has 1 amide bonds. The molecule has 1 atom stereocenters. The molecule has 0 unspecified atom stereocenters. The standard InChI is InChI=1S/C18H26F3N3O4S/c1-10-8-12(29(26,27)23-9-13(19)20)17(28-2)14(21)16(10)24-18(25)15(22)11-6-4-3-5-7-11/h8,11,13,15,23H,3-7,9,22H2,1-2H3,(H,24,25)/t15-/m0/s1. The lowest BCUT2D eigenvalue weighted by Crippen LogP contribution is -2.43. The van der Waals surface area contributed by atoms with E-state index in [0.29, 0.717) is 0 Å². The van der Waals surface area contributed by atoms with Crippen LogP contribution in [0.25, 0.3) is 0 Å². The van der Waals surface area contributed by atoms with Gasteiger partial charge in [0.05, 0.1) is 25.4 Å². The third kappa shape index (κ3) is 5.61. The van der Waals surface area contributed by atoms with E-state index >= 15 is 0 Å². The second kappa shape index (κ2) is 9.77. The first-order valence-electron chi connectivity index (χ1n) is 9.29. The molecule has 0 spiro atoms. The number of halogens is 3. The van der Waals surface area contributed by atoms with Crippen molar-refractivity contribution in [2.75, 3.05) is 19.0 Å². The molecule has 4 N–H and O–H groups in total. The highest BCUT2D eigenvalue weighted by molar-refractivity contribution is 7.89. The molecule has 1 aromatic rings. The first-order valence-corrected chi connectivity index (χ1v) is 10.8. The molecule has 0 heterocycles. The van der Waals surface area contributed by atoms with Crippen LogP contribution < -0.4 is 20.5 Å². The fourth-order valence-corrected chi connectivity index (χ4v) is 4.69. The highest BCUT2D eigenvalue weighted by Crippen LogP contribution is 2.35. The number of methoxy groups -OCH3 is 1. The lowest BCUT2D eigenvalue weighted by atomic mass is 9.84. The van der Waals surface area contributed by atoms with Crippen LogP contribution in [0.4, 0.5) is 18.9 Å². The van der Waals surface area contributed by atoms with Crippen molar-refractivity contribution in [1.82, 2.24) is 4.72 Å². The maximum atomic E-state index is 15.0. The maximum absolute atomic E-state index is 15.0. The topological polar surface area (TPSA) is 111 Å². The monoisotopic (exact) mass is 437 g/mol. The van der Waals surface area contributed by atoms with Crippen molar-refractivity contribution in [2.45, 2.75) is 56.4 Å². The average molecular weight is 437 g/mol. The van der Waals surface area contributed by atoms with E-state index in [4.69, 9.17) is 10.5 Å². The van der Waals surface area contributed by atoms with Gasteiger partial charge in [-0.15, -0.1) is 0 Å². The normalized spacial score (nSPS) is 16.7. The Hall–Kier alpha value is -1.85. The first kappa shape index (κ1) is 23.4. The molecule has 2 rings (SSSR count). The van der Waals surface area contributed by atoms with Crippen molar-refractivity contribution in [3.8, 4) is 5.75 Å². The van der Waals surface area contributed by atoms with Crippen LogP contribution in [0.3, 0.4) is 0 Å². The third-order valence-electron chi connectivity index (χ3n) is 5.01. The van der Waals surface area contributed by atoms with E-state index in [1.807, 2.05) is 0 Å². The number of benzene rings is 1. The Labute approximate surface area is 168 Å². The number of hydrogen-bond donors (Lipinski definition) is 3. The fourth-order valence-electron chi connectivity index (χ4n) is 3.44. The van der Waals surface area contributed by atoms with Crippen LogP contribution >= 0.6 is 0 Å². The number of amides is 1. The number of nitrogens with two attached hydrogens (primary N) is 1. The summed E-state index contributed by atoms with van der Waals surface area (Å²) in [7, 11) is -3.41. The van der Waals surface area contributed by atoms with Crippen molar-refractivity contribution in [3.05, 3.63) is 17.4 Å². The summed E-state index contributed by atoms with van der Waals surface area (Å²) in [5.41, 5.74) is 5.86. The molecular formula is C18H26F3N3O4S. The van der Waals surface area contributed by atoms with Gasteiger partial charge >= 0.3 is 0 Å². The van der Waals surface area contributed by atoms with E-state index in [9.17, 15) is 26.4 Å². The van der Waals surface area contributed by atoms with E-state index in [2.05, 4.69) is 5.32 Å². The molecule has 1 saturated carbocycles. The largest absolute Gasteiger partial charge is 0.492 e. The van der Waals surface area contributed by atoms with Gasteiger partial charge in [-0.3, -0.25) is 4.79 Å². The van der Waals surface area contributed by atoms with Crippen LogP contribution in [0.2, 0.25) is 0 Å². The number of ether oxygens (including phenoxy) is 1. The average Bonchev–Trinajstić information content (AvgIpc) is 2.69. The fraction of sp³-hybridized carbons (Fsp3) is 0.611. The van der Waals surface area contributed by atoms with Gasteiger partial charge in [-0.1, -0.05) is 19.3 Å². The molecule has 0 bridgehead atoms. The Balaban J connectivity index is 2.31. The van der Waals surface area contributed by atoms with Crippen LogP contribution in [-0.4, -0.2) is 40.4 Å². The van der Waals surface area contributed by atoms with Crippen molar-refractivity contribution in [1.29, 1.82) is 0 Å². The lowest BCUT2D eigenvalue weighted by Gasteiger charge is -2.27. The van der Waals surface area contributed by atoms with Gasteiger partial charge in [0.2, 0.25) is 15.9 Å². The van der Waals surface area contributed by atoms with E-state index in [1.165, 1.54) is 6.92 Å². The summed E-state index contributed by atoms with van der Waals surface area (Å²) in [6.45, 7) is 0.261. The number of aryl methyl sites for hydroxylation is 1. The smallest absolute Gasteiger partial charge is 0.251 e. The molecule has 1 aliphatic rings. The highest BCUT2D eigenvalue weighted by atomic mass is 32.2. The van der Waals surface area contributed by atoms with Crippen molar-refractivity contribution in [2.24, 2.45) is 11.7 Å². The molecule has 0 aliphatic heterocycles. The molecule has 164 valence electrons. The second-order valence-corrected chi connectivity index (χ2v) is 8.81. The number of rotatable bonds is 8. The van der Waals surface area contributed by atoms with Crippen LogP contribution in [0.1, 0.15) is 37.7 Å². The minimum Gasteiger partial charge on any atom is -0.492 e. The van der Waals surface area contributed by atoms with Gasteiger partial charge in [0.1, 0.15) is 4.90 Å². The molecule has 0 saturated heterocycles. The molecule has 11 heteroatoms. The van der Waals surface area contributed by atoms with Crippen LogP contribution in [-0.2, 0) is 14.8 Å². The Kier molecular flexibility index (Phi) is 7.89. The van der Waals surface area contributed by atoms with E-state index in [1.54, 1.807) is 4.72 Å². The van der Waals surface area contributed by atoms with Crippen LogP contribution in [0, 0.1) is 18.7 Å². The second-order valence-electron chi connectivity index (χ2n) is 7.07. The van der Waals surface area contributed by atoms with Gasteiger partial charge in [0.15, 0.2) is 11.6 Å². The van der Waals surface area contributed by atoms with E-state index in [0.717, 1.165) is 45.3 Å².